The van der Waals surface area contributed by atoms with Crippen LogP contribution < -0.4 is 5.32 Å². The average molecular weight is 388 g/mol. The third-order valence-electron chi connectivity index (χ3n) is 4.19. The van der Waals surface area contributed by atoms with Gasteiger partial charge in [-0.2, -0.15) is 5.10 Å². The van der Waals surface area contributed by atoms with Gasteiger partial charge >= 0.3 is 0 Å². The molecule has 29 heavy (non-hydrogen) atoms. The van der Waals surface area contributed by atoms with E-state index in [0.717, 1.165) is 5.56 Å². The Balaban J connectivity index is 1.65. The van der Waals surface area contributed by atoms with Crippen molar-refractivity contribution in [2.45, 2.75) is 13.8 Å². The first kappa shape index (κ1) is 18.4. The normalized spacial score (nSPS) is 10.7. The number of aromatic nitrogens is 5. The van der Waals surface area contributed by atoms with Gasteiger partial charge in [0.1, 0.15) is 28.7 Å². The Kier molecular flexibility index (Phi) is 4.82. The van der Waals surface area contributed by atoms with Crippen molar-refractivity contribution in [3.05, 3.63) is 83.7 Å². The highest BCUT2D eigenvalue weighted by atomic mass is 19.1. The number of nitrogens with zero attached hydrogens (tertiary/aromatic N) is 5. The molecule has 0 fully saturated rings. The molecule has 7 nitrogen and oxygen atoms in total. The molecule has 1 N–H and O–H groups in total. The second kappa shape index (κ2) is 7.59. The number of anilines is 1. The first-order chi connectivity index (χ1) is 14.0. The van der Waals surface area contributed by atoms with Gasteiger partial charge in [-0.05, 0) is 55.8 Å². The molecule has 1 aromatic carbocycles. The highest BCUT2D eigenvalue weighted by Crippen LogP contribution is 2.18. The summed E-state index contributed by atoms with van der Waals surface area (Å²) in [6, 6.07) is 13.0. The van der Waals surface area contributed by atoms with E-state index in [2.05, 4.69) is 25.4 Å². The lowest BCUT2D eigenvalue weighted by atomic mass is 10.2. The predicted octanol–water partition coefficient (Wildman–Crippen LogP) is 3.73. The Morgan fingerprint density at radius 3 is 2.62 bits per heavy atom. The number of halogens is 1. The van der Waals surface area contributed by atoms with Crippen molar-refractivity contribution in [1.82, 2.24) is 24.7 Å². The summed E-state index contributed by atoms with van der Waals surface area (Å²) in [5, 5.41) is 6.98. The summed E-state index contributed by atoms with van der Waals surface area (Å²) < 4.78 is 15.5. The van der Waals surface area contributed by atoms with Crippen molar-refractivity contribution >= 4 is 11.7 Å². The van der Waals surface area contributed by atoms with Crippen LogP contribution in [0.3, 0.4) is 0 Å². The van der Waals surface area contributed by atoms with Crippen LogP contribution in [-0.4, -0.2) is 30.6 Å². The van der Waals surface area contributed by atoms with Crippen LogP contribution in [0.1, 0.15) is 21.7 Å². The number of nitrogens with one attached hydrogen (secondary N) is 1. The maximum absolute atomic E-state index is 14.2. The minimum absolute atomic E-state index is 0.193. The molecular weight excluding hydrogens is 371 g/mol. The summed E-state index contributed by atoms with van der Waals surface area (Å²) in [5.41, 5.74) is 2.61. The Labute approximate surface area is 166 Å². The topological polar surface area (TPSA) is 85.6 Å². The summed E-state index contributed by atoms with van der Waals surface area (Å²) in [6.07, 6.45) is 3.22. The fourth-order valence-corrected chi connectivity index (χ4v) is 2.86. The van der Waals surface area contributed by atoms with Crippen LogP contribution in [0.4, 0.5) is 10.2 Å². The molecule has 0 bridgehead atoms. The van der Waals surface area contributed by atoms with E-state index in [-0.39, 0.29) is 11.4 Å². The maximum Gasteiger partial charge on any atom is 0.275 e. The van der Waals surface area contributed by atoms with Crippen LogP contribution in [0.5, 0.6) is 0 Å². The second-order valence-corrected chi connectivity index (χ2v) is 6.47. The van der Waals surface area contributed by atoms with Gasteiger partial charge in [0.2, 0.25) is 0 Å². The highest BCUT2D eigenvalue weighted by Gasteiger charge is 2.18. The van der Waals surface area contributed by atoms with Crippen molar-refractivity contribution in [3.63, 3.8) is 0 Å². The quantitative estimate of drug-likeness (QED) is 0.576. The largest absolute Gasteiger partial charge is 0.305 e. The van der Waals surface area contributed by atoms with E-state index in [9.17, 15) is 9.18 Å². The number of para-hydroxylation sites is 1. The van der Waals surface area contributed by atoms with Gasteiger partial charge in [0.25, 0.3) is 5.91 Å². The minimum Gasteiger partial charge on any atom is -0.305 e. The van der Waals surface area contributed by atoms with Gasteiger partial charge in [-0.25, -0.2) is 19.0 Å². The Morgan fingerprint density at radius 2 is 1.83 bits per heavy atom. The van der Waals surface area contributed by atoms with Crippen LogP contribution in [0.15, 0.2) is 60.9 Å². The number of hydrogen-bond acceptors (Lipinski definition) is 5. The molecule has 3 heterocycles. The van der Waals surface area contributed by atoms with E-state index in [4.69, 9.17) is 0 Å². The molecule has 1 amide bonds. The van der Waals surface area contributed by atoms with Crippen LogP contribution in [0.2, 0.25) is 0 Å². The number of aryl methyl sites for hydroxylation is 2. The molecule has 0 atom stereocenters. The van der Waals surface area contributed by atoms with Crippen molar-refractivity contribution < 1.29 is 9.18 Å². The molecule has 4 rings (SSSR count). The van der Waals surface area contributed by atoms with Gasteiger partial charge < -0.3 is 5.32 Å². The number of benzene rings is 1. The summed E-state index contributed by atoms with van der Waals surface area (Å²) in [4.78, 5) is 25.7. The molecule has 0 aliphatic carbocycles. The summed E-state index contributed by atoms with van der Waals surface area (Å²) in [7, 11) is 0. The van der Waals surface area contributed by atoms with Crippen molar-refractivity contribution in [2.24, 2.45) is 0 Å². The molecule has 4 aromatic rings. The van der Waals surface area contributed by atoms with E-state index in [1.165, 1.54) is 10.7 Å². The van der Waals surface area contributed by atoms with Crippen LogP contribution in [0.25, 0.3) is 17.2 Å². The molecule has 0 unspecified atom stereocenters. The zero-order valence-electron chi connectivity index (χ0n) is 15.8. The highest BCUT2D eigenvalue weighted by molar-refractivity contribution is 6.03. The molecule has 0 aliphatic rings. The number of hydrogen-bond donors (Lipinski definition) is 1. The summed E-state index contributed by atoms with van der Waals surface area (Å²) >= 11 is 0. The molecule has 0 radical (unpaired) electrons. The first-order valence-electron chi connectivity index (χ1n) is 8.90. The minimum atomic E-state index is -0.473. The molecule has 8 heteroatoms. The molecule has 0 spiro atoms. The fourth-order valence-electron chi connectivity index (χ4n) is 2.86. The van der Waals surface area contributed by atoms with E-state index in [0.29, 0.717) is 23.0 Å². The monoisotopic (exact) mass is 388 g/mol. The van der Waals surface area contributed by atoms with Crippen molar-refractivity contribution in [2.75, 3.05) is 5.32 Å². The lowest BCUT2D eigenvalue weighted by Gasteiger charge is -2.09. The van der Waals surface area contributed by atoms with Crippen LogP contribution in [-0.2, 0) is 0 Å². The fraction of sp³-hybridized carbons (Fsp3) is 0.0952. The Bertz CT molecular complexity index is 1200. The predicted molar refractivity (Wildman–Crippen MR) is 106 cm³/mol. The van der Waals surface area contributed by atoms with Gasteiger partial charge in [0.15, 0.2) is 5.82 Å². The summed E-state index contributed by atoms with van der Waals surface area (Å²) in [5.74, 6) is -0.234. The molecule has 0 saturated heterocycles. The summed E-state index contributed by atoms with van der Waals surface area (Å²) in [6.45, 7) is 3.68. The zero-order chi connectivity index (χ0) is 20.4. The average Bonchev–Trinajstić information content (AvgIpc) is 3.10. The van der Waals surface area contributed by atoms with Crippen LogP contribution in [0, 0.1) is 19.7 Å². The number of carbonyl (C=O) groups excluding carboxylic acids is 1. The lowest BCUT2D eigenvalue weighted by Crippen LogP contribution is -2.18. The molecule has 144 valence electrons. The number of carbonyl (C=O) groups is 1. The van der Waals surface area contributed by atoms with E-state index < -0.39 is 11.7 Å². The van der Waals surface area contributed by atoms with Crippen molar-refractivity contribution in [1.29, 1.82) is 0 Å². The smallest absolute Gasteiger partial charge is 0.275 e. The molecular formula is C21H17FN6O. The van der Waals surface area contributed by atoms with E-state index in [1.54, 1.807) is 49.6 Å². The molecule has 3 aromatic heterocycles. The number of amides is 1. The number of rotatable bonds is 4. The van der Waals surface area contributed by atoms with Gasteiger partial charge in [0.05, 0.1) is 5.69 Å². The van der Waals surface area contributed by atoms with Gasteiger partial charge in [-0.3, -0.25) is 9.78 Å². The molecule has 0 saturated carbocycles. The van der Waals surface area contributed by atoms with Gasteiger partial charge in [-0.1, -0.05) is 12.1 Å². The van der Waals surface area contributed by atoms with Gasteiger partial charge in [-0.15, -0.1) is 0 Å². The van der Waals surface area contributed by atoms with Crippen LogP contribution >= 0.6 is 0 Å². The maximum atomic E-state index is 14.2. The lowest BCUT2D eigenvalue weighted by molar-refractivity contribution is 0.101. The van der Waals surface area contributed by atoms with Gasteiger partial charge in [0, 0.05) is 12.4 Å². The standard InChI is InChI=1S/C21H17FN6O/c1-13-7-9-23-16(11-13)20-24-10-8-19(25-20)26-21(29)18-12-14(2)27-28(18)17-6-4-3-5-15(17)22/h3-12H,1-2H3,(H,24,25,26,29). The SMILES string of the molecule is Cc1ccnc(-c2nccc(NC(=O)c3cc(C)nn3-c3ccccc3F)n2)c1. The van der Waals surface area contributed by atoms with Crippen molar-refractivity contribution in [3.8, 4) is 17.2 Å². The number of pyridine rings is 1. The van der Waals surface area contributed by atoms with E-state index in [1.807, 2.05) is 19.1 Å². The van der Waals surface area contributed by atoms with E-state index >= 15 is 0 Å². The third-order valence-corrected chi connectivity index (χ3v) is 4.19. The third kappa shape index (κ3) is 3.86. The zero-order valence-corrected chi connectivity index (χ0v) is 15.8. The first-order valence-corrected chi connectivity index (χ1v) is 8.90. The Morgan fingerprint density at radius 1 is 1.03 bits per heavy atom. The molecule has 0 aliphatic heterocycles. The second-order valence-electron chi connectivity index (χ2n) is 6.47. The Hall–Kier alpha value is -3.94.